The van der Waals surface area contributed by atoms with Crippen LogP contribution in [0.25, 0.3) is 22.1 Å². The summed E-state index contributed by atoms with van der Waals surface area (Å²) >= 11 is 0. The Bertz CT molecular complexity index is 971. The zero-order valence-electron chi connectivity index (χ0n) is 11.3. The third kappa shape index (κ3) is 2.45. The molecule has 23 heavy (non-hydrogen) atoms. The Balaban J connectivity index is 1.68. The van der Waals surface area contributed by atoms with Crippen LogP contribution >= 0.6 is 0 Å². The first kappa shape index (κ1) is 13.6. The Morgan fingerprint density at radius 1 is 1.09 bits per heavy atom. The minimum atomic E-state index is -4.51. The summed E-state index contributed by atoms with van der Waals surface area (Å²) in [6.45, 7) is 0. The predicted octanol–water partition coefficient (Wildman–Crippen LogP) is 3.86. The molecule has 0 aliphatic heterocycles. The number of anilines is 2. The van der Waals surface area contributed by atoms with E-state index in [4.69, 9.17) is 4.42 Å². The third-order valence-corrected chi connectivity index (χ3v) is 3.18. The van der Waals surface area contributed by atoms with Gasteiger partial charge in [-0.3, -0.25) is 5.32 Å². The molecule has 3 heterocycles. The lowest BCUT2D eigenvalue weighted by Crippen LogP contribution is -2.07. The van der Waals surface area contributed by atoms with Crippen molar-refractivity contribution in [3.05, 3.63) is 42.2 Å². The molecule has 0 bridgehead atoms. The van der Waals surface area contributed by atoms with E-state index in [0.717, 1.165) is 12.3 Å². The van der Waals surface area contributed by atoms with Crippen LogP contribution in [0.2, 0.25) is 0 Å². The van der Waals surface area contributed by atoms with Gasteiger partial charge in [-0.2, -0.15) is 18.2 Å². The number of oxazole rings is 1. The first-order chi connectivity index (χ1) is 11.0. The number of nitrogens with one attached hydrogen (secondary N) is 2. The summed E-state index contributed by atoms with van der Waals surface area (Å²) in [5, 5.41) is 2.79. The van der Waals surface area contributed by atoms with Gasteiger partial charge in [-0.05, 0) is 18.2 Å². The number of rotatable bonds is 2. The molecule has 0 amide bonds. The van der Waals surface area contributed by atoms with Gasteiger partial charge in [0.05, 0.1) is 17.2 Å². The number of hydrogen-bond donors (Lipinski definition) is 2. The van der Waals surface area contributed by atoms with Gasteiger partial charge in [-0.1, -0.05) is 12.1 Å². The summed E-state index contributed by atoms with van der Waals surface area (Å²) in [6.07, 6.45) is -3.43. The monoisotopic (exact) mass is 319 g/mol. The van der Waals surface area contributed by atoms with E-state index >= 15 is 0 Å². The summed E-state index contributed by atoms with van der Waals surface area (Å²) in [6, 6.07) is 8.23. The van der Waals surface area contributed by atoms with Gasteiger partial charge in [0.25, 0.3) is 0 Å². The number of fused-ring (bicyclic) bond motifs is 2. The Hall–Kier alpha value is -3.10. The van der Waals surface area contributed by atoms with Crippen LogP contribution in [-0.4, -0.2) is 19.9 Å². The lowest BCUT2D eigenvalue weighted by molar-refractivity contribution is -0.141. The molecule has 0 saturated carbocycles. The van der Waals surface area contributed by atoms with Crippen LogP contribution in [-0.2, 0) is 6.18 Å². The van der Waals surface area contributed by atoms with E-state index in [1.165, 1.54) is 0 Å². The zero-order valence-corrected chi connectivity index (χ0v) is 11.3. The Labute approximate surface area is 126 Å². The topological polar surface area (TPSA) is 79.6 Å². The zero-order chi connectivity index (χ0) is 16.0. The maximum absolute atomic E-state index is 12.6. The first-order valence-corrected chi connectivity index (χ1v) is 6.54. The highest BCUT2D eigenvalue weighted by atomic mass is 19.4. The first-order valence-electron chi connectivity index (χ1n) is 6.54. The number of alkyl halides is 3. The predicted molar refractivity (Wildman–Crippen MR) is 76.2 cm³/mol. The standard InChI is InChI=1S/C14H8F3N5O/c15-14(16,17)11-5-8-9(6-18-11)20-12(19-8)22-13-21-7-3-1-2-4-10(7)23-13/h1-6H,(H2,19,20,21,22). The van der Waals surface area contributed by atoms with Crippen molar-refractivity contribution >= 4 is 34.1 Å². The maximum Gasteiger partial charge on any atom is 0.433 e. The maximum atomic E-state index is 12.6. The molecule has 0 aliphatic rings. The van der Waals surface area contributed by atoms with E-state index in [0.29, 0.717) is 16.6 Å². The van der Waals surface area contributed by atoms with Gasteiger partial charge in [-0.15, -0.1) is 0 Å². The largest absolute Gasteiger partial charge is 0.433 e. The van der Waals surface area contributed by atoms with Crippen molar-refractivity contribution < 1.29 is 17.6 Å². The fraction of sp³-hybridized carbons (Fsp3) is 0.0714. The van der Waals surface area contributed by atoms with Crippen LogP contribution in [0.15, 0.2) is 40.9 Å². The summed E-state index contributed by atoms with van der Waals surface area (Å²) in [5.74, 6) is 0.215. The molecule has 2 N–H and O–H groups in total. The minimum Gasteiger partial charge on any atom is -0.423 e. The van der Waals surface area contributed by atoms with Crippen LogP contribution in [0.4, 0.5) is 25.1 Å². The van der Waals surface area contributed by atoms with Gasteiger partial charge in [0.1, 0.15) is 11.2 Å². The molecule has 1 aromatic carbocycles. The van der Waals surface area contributed by atoms with Gasteiger partial charge >= 0.3 is 12.2 Å². The molecule has 4 aromatic rings. The number of hydrogen-bond acceptors (Lipinski definition) is 5. The molecule has 116 valence electrons. The smallest absolute Gasteiger partial charge is 0.423 e. The normalized spacial score (nSPS) is 12.1. The lowest BCUT2D eigenvalue weighted by Gasteiger charge is -2.03. The van der Waals surface area contributed by atoms with E-state index in [9.17, 15) is 13.2 Å². The van der Waals surface area contributed by atoms with Crippen LogP contribution < -0.4 is 5.32 Å². The summed E-state index contributed by atoms with van der Waals surface area (Å²) in [7, 11) is 0. The van der Waals surface area contributed by atoms with Crippen molar-refractivity contribution in [3.63, 3.8) is 0 Å². The number of para-hydroxylation sites is 2. The highest BCUT2D eigenvalue weighted by molar-refractivity contribution is 5.78. The van der Waals surface area contributed by atoms with Crippen LogP contribution in [0.1, 0.15) is 5.69 Å². The quantitative estimate of drug-likeness (QED) is 0.586. The van der Waals surface area contributed by atoms with Crippen LogP contribution in [0.3, 0.4) is 0 Å². The second-order valence-corrected chi connectivity index (χ2v) is 4.78. The Kier molecular flexibility index (Phi) is 2.77. The fourth-order valence-corrected chi connectivity index (χ4v) is 2.15. The van der Waals surface area contributed by atoms with Gasteiger partial charge in [0.15, 0.2) is 5.58 Å². The van der Waals surface area contributed by atoms with Gasteiger partial charge in [-0.25, -0.2) is 9.97 Å². The molecule has 0 aliphatic carbocycles. The fourth-order valence-electron chi connectivity index (χ4n) is 2.15. The van der Waals surface area contributed by atoms with E-state index in [1.807, 2.05) is 12.1 Å². The number of aromatic nitrogens is 4. The molecule has 9 heteroatoms. The van der Waals surface area contributed by atoms with Crippen molar-refractivity contribution in [1.82, 2.24) is 19.9 Å². The van der Waals surface area contributed by atoms with Crippen molar-refractivity contribution in [2.45, 2.75) is 6.18 Å². The summed E-state index contributed by atoms with van der Waals surface area (Å²) in [4.78, 5) is 14.4. The second kappa shape index (κ2) is 4.70. The van der Waals surface area contributed by atoms with Crippen molar-refractivity contribution in [2.24, 2.45) is 0 Å². The number of pyridine rings is 1. The number of nitrogens with zero attached hydrogens (tertiary/aromatic N) is 3. The molecular formula is C14H8F3N5O. The molecule has 0 saturated heterocycles. The summed E-state index contributed by atoms with van der Waals surface area (Å²) < 4.78 is 43.4. The Morgan fingerprint density at radius 2 is 1.91 bits per heavy atom. The van der Waals surface area contributed by atoms with E-state index in [2.05, 4.69) is 25.3 Å². The van der Waals surface area contributed by atoms with Crippen LogP contribution in [0.5, 0.6) is 0 Å². The molecule has 0 radical (unpaired) electrons. The van der Waals surface area contributed by atoms with Gasteiger partial charge in [0.2, 0.25) is 5.95 Å². The highest BCUT2D eigenvalue weighted by Crippen LogP contribution is 2.29. The number of halogens is 3. The van der Waals surface area contributed by atoms with Crippen LogP contribution in [0, 0.1) is 0 Å². The van der Waals surface area contributed by atoms with Crippen molar-refractivity contribution in [3.8, 4) is 0 Å². The minimum absolute atomic E-state index is 0.144. The van der Waals surface area contributed by atoms with E-state index in [-0.39, 0.29) is 17.5 Å². The highest BCUT2D eigenvalue weighted by Gasteiger charge is 2.32. The number of aromatic amines is 1. The van der Waals surface area contributed by atoms with Gasteiger partial charge in [0, 0.05) is 0 Å². The average Bonchev–Trinajstić information content (AvgIpc) is 3.07. The third-order valence-electron chi connectivity index (χ3n) is 3.18. The summed E-state index contributed by atoms with van der Waals surface area (Å²) in [5.41, 5.74) is 0.770. The average molecular weight is 319 g/mol. The number of benzene rings is 1. The molecule has 0 atom stereocenters. The number of H-pyrrole nitrogens is 1. The molecule has 0 spiro atoms. The lowest BCUT2D eigenvalue weighted by atomic mass is 10.3. The SMILES string of the molecule is FC(F)(F)c1cc2nc(Nc3nc4ccccc4o3)[nH]c2cn1. The van der Waals surface area contributed by atoms with E-state index in [1.54, 1.807) is 12.1 Å². The van der Waals surface area contributed by atoms with Crippen molar-refractivity contribution in [1.29, 1.82) is 0 Å². The second-order valence-electron chi connectivity index (χ2n) is 4.78. The molecule has 3 aromatic heterocycles. The molecule has 0 unspecified atom stereocenters. The number of imidazole rings is 1. The molecule has 4 rings (SSSR count). The van der Waals surface area contributed by atoms with Crippen molar-refractivity contribution in [2.75, 3.05) is 5.32 Å². The molecular weight excluding hydrogens is 311 g/mol. The molecule has 0 fully saturated rings. The Morgan fingerprint density at radius 3 is 2.70 bits per heavy atom. The molecule has 6 nitrogen and oxygen atoms in total. The van der Waals surface area contributed by atoms with Gasteiger partial charge < -0.3 is 9.40 Å². The van der Waals surface area contributed by atoms with E-state index < -0.39 is 11.9 Å².